The third-order valence-electron chi connectivity index (χ3n) is 3.53. The molecule has 8 nitrogen and oxygen atoms in total. The van der Waals surface area contributed by atoms with Crippen molar-refractivity contribution in [2.24, 2.45) is 5.92 Å². The molecule has 1 aromatic carbocycles. The number of benzene rings is 1. The Labute approximate surface area is 120 Å². The topological polar surface area (TPSA) is 122 Å². The normalized spacial score (nSPS) is 32.7. The van der Waals surface area contributed by atoms with Crippen molar-refractivity contribution in [2.75, 3.05) is 6.61 Å². The molecule has 0 bridgehead atoms. The van der Waals surface area contributed by atoms with E-state index in [-0.39, 0.29) is 11.4 Å². The Morgan fingerprint density at radius 2 is 1.90 bits per heavy atom. The molecule has 116 valence electrons. The zero-order chi connectivity index (χ0) is 15.6. The van der Waals surface area contributed by atoms with Crippen LogP contribution in [0.15, 0.2) is 24.3 Å². The van der Waals surface area contributed by atoms with E-state index in [1.54, 1.807) is 6.92 Å². The summed E-state index contributed by atoms with van der Waals surface area (Å²) in [5.41, 5.74) is -0.0792. The number of ether oxygens (including phenoxy) is 2. The molecular weight excluding hydrogens is 282 g/mol. The summed E-state index contributed by atoms with van der Waals surface area (Å²) >= 11 is 0. The highest BCUT2D eigenvalue weighted by atomic mass is 16.7. The second-order valence-electron chi connectivity index (χ2n) is 4.93. The fraction of sp³-hybridized carbons (Fsp3) is 0.538. The number of nitro groups is 1. The fourth-order valence-corrected chi connectivity index (χ4v) is 2.15. The third-order valence-corrected chi connectivity index (χ3v) is 3.53. The van der Waals surface area contributed by atoms with Crippen molar-refractivity contribution >= 4 is 5.69 Å². The van der Waals surface area contributed by atoms with Gasteiger partial charge in [-0.05, 0) is 12.1 Å². The summed E-state index contributed by atoms with van der Waals surface area (Å²) in [4.78, 5) is 10.0. The van der Waals surface area contributed by atoms with Crippen molar-refractivity contribution in [3.8, 4) is 5.75 Å². The zero-order valence-electron chi connectivity index (χ0n) is 11.3. The molecule has 1 aromatic rings. The lowest BCUT2D eigenvalue weighted by Gasteiger charge is -2.40. The lowest BCUT2D eigenvalue weighted by molar-refractivity contribution is -0.384. The van der Waals surface area contributed by atoms with Gasteiger partial charge in [0.05, 0.1) is 17.6 Å². The molecule has 8 heteroatoms. The molecule has 0 spiro atoms. The van der Waals surface area contributed by atoms with Gasteiger partial charge in [0.25, 0.3) is 5.69 Å². The highest BCUT2D eigenvalue weighted by molar-refractivity contribution is 5.36. The van der Waals surface area contributed by atoms with Crippen LogP contribution in [-0.2, 0) is 4.74 Å². The summed E-state index contributed by atoms with van der Waals surface area (Å²) in [6.07, 6.45) is -4.01. The van der Waals surface area contributed by atoms with Gasteiger partial charge in [-0.1, -0.05) is 6.92 Å². The van der Waals surface area contributed by atoms with E-state index in [0.29, 0.717) is 0 Å². The highest BCUT2D eigenvalue weighted by Gasteiger charge is 2.43. The van der Waals surface area contributed by atoms with Crippen molar-refractivity contribution in [3.63, 3.8) is 0 Å². The molecule has 1 fully saturated rings. The van der Waals surface area contributed by atoms with Crippen molar-refractivity contribution in [3.05, 3.63) is 34.4 Å². The third kappa shape index (κ3) is 3.30. The highest BCUT2D eigenvalue weighted by Crippen LogP contribution is 2.28. The van der Waals surface area contributed by atoms with E-state index >= 15 is 0 Å². The van der Waals surface area contributed by atoms with Crippen LogP contribution in [0.3, 0.4) is 0 Å². The number of non-ortho nitro benzene ring substituents is 1. The summed E-state index contributed by atoms with van der Waals surface area (Å²) in [5.74, 6) is -0.260. The van der Waals surface area contributed by atoms with Crippen molar-refractivity contribution in [1.82, 2.24) is 0 Å². The molecule has 2 rings (SSSR count). The average Bonchev–Trinajstić information content (AvgIpc) is 2.48. The molecule has 21 heavy (non-hydrogen) atoms. The largest absolute Gasteiger partial charge is 0.462 e. The molecule has 3 N–H and O–H groups in total. The van der Waals surface area contributed by atoms with Crippen LogP contribution in [0.2, 0.25) is 0 Å². The smallest absolute Gasteiger partial charge is 0.269 e. The second-order valence-corrected chi connectivity index (χ2v) is 4.93. The summed E-state index contributed by atoms with van der Waals surface area (Å²) in [5, 5.41) is 39.5. The minimum atomic E-state index is -1.09. The van der Waals surface area contributed by atoms with Crippen LogP contribution in [0.5, 0.6) is 5.75 Å². The van der Waals surface area contributed by atoms with Gasteiger partial charge in [0.15, 0.2) is 0 Å². The summed E-state index contributed by atoms with van der Waals surface area (Å²) < 4.78 is 10.7. The predicted octanol–water partition coefficient (Wildman–Crippen LogP) is 0.0487. The SMILES string of the molecule is CC1C(O)[C@@H](Oc2ccc([N+](=O)[O-])cc2)O[C@H](CO)[C@H]1O. The van der Waals surface area contributed by atoms with Crippen molar-refractivity contribution < 1.29 is 29.7 Å². The maximum absolute atomic E-state index is 10.6. The Kier molecular flexibility index (Phi) is 4.73. The van der Waals surface area contributed by atoms with E-state index in [0.717, 1.165) is 0 Å². The van der Waals surface area contributed by atoms with Crippen LogP contribution in [-0.4, -0.2) is 51.5 Å². The van der Waals surface area contributed by atoms with E-state index in [9.17, 15) is 20.3 Å². The van der Waals surface area contributed by atoms with Gasteiger partial charge in [-0.25, -0.2) is 0 Å². The molecule has 0 radical (unpaired) electrons. The molecule has 1 heterocycles. The molecule has 1 saturated heterocycles. The van der Waals surface area contributed by atoms with E-state index in [2.05, 4.69) is 0 Å². The molecular formula is C13H17NO7. The first kappa shape index (κ1) is 15.6. The molecule has 5 atom stereocenters. The van der Waals surface area contributed by atoms with Crippen molar-refractivity contribution in [1.29, 1.82) is 0 Å². The standard InChI is InChI=1S/C13H17NO7/c1-7-11(16)10(6-15)21-13(12(7)17)20-9-4-2-8(3-5-9)14(18)19/h2-5,7,10-13,15-17H,6H2,1H3/t7?,10-,11+,12?,13+/m1/s1. The van der Waals surface area contributed by atoms with Gasteiger partial charge in [0.2, 0.25) is 6.29 Å². The summed E-state index contributed by atoms with van der Waals surface area (Å²) in [7, 11) is 0. The Bertz CT molecular complexity index is 490. The summed E-state index contributed by atoms with van der Waals surface area (Å²) in [6.45, 7) is 1.21. The Morgan fingerprint density at radius 3 is 2.43 bits per heavy atom. The molecule has 0 aliphatic carbocycles. The van der Waals surface area contributed by atoms with E-state index < -0.39 is 42.1 Å². The fourth-order valence-electron chi connectivity index (χ4n) is 2.15. The second kappa shape index (κ2) is 6.35. The quantitative estimate of drug-likeness (QED) is 0.530. The number of aliphatic hydroxyl groups is 3. The zero-order valence-corrected chi connectivity index (χ0v) is 11.3. The van der Waals surface area contributed by atoms with Crippen LogP contribution in [0.1, 0.15) is 6.92 Å². The monoisotopic (exact) mass is 299 g/mol. The first-order valence-corrected chi connectivity index (χ1v) is 6.47. The minimum absolute atomic E-state index is 0.0792. The number of rotatable bonds is 4. The Balaban J connectivity index is 2.08. The van der Waals surface area contributed by atoms with Crippen LogP contribution < -0.4 is 4.74 Å². The lowest BCUT2D eigenvalue weighted by Crippen LogP contribution is -2.56. The molecule has 0 amide bonds. The van der Waals surface area contributed by atoms with Crippen LogP contribution in [0, 0.1) is 16.0 Å². The average molecular weight is 299 g/mol. The number of nitrogens with zero attached hydrogens (tertiary/aromatic N) is 1. The number of hydrogen-bond donors (Lipinski definition) is 3. The van der Waals surface area contributed by atoms with Gasteiger partial charge in [-0.3, -0.25) is 10.1 Å². The number of aliphatic hydroxyl groups excluding tert-OH is 3. The lowest BCUT2D eigenvalue weighted by atomic mass is 9.91. The molecule has 1 aliphatic heterocycles. The van der Waals surface area contributed by atoms with Gasteiger partial charge in [-0.2, -0.15) is 0 Å². The van der Waals surface area contributed by atoms with E-state index in [1.165, 1.54) is 24.3 Å². The first-order valence-electron chi connectivity index (χ1n) is 6.47. The number of nitro benzene ring substituents is 1. The van der Waals surface area contributed by atoms with E-state index in [4.69, 9.17) is 14.6 Å². The first-order chi connectivity index (χ1) is 9.93. The van der Waals surface area contributed by atoms with Gasteiger partial charge in [0, 0.05) is 18.1 Å². The molecule has 0 aromatic heterocycles. The Morgan fingerprint density at radius 1 is 1.29 bits per heavy atom. The maximum Gasteiger partial charge on any atom is 0.269 e. The van der Waals surface area contributed by atoms with Gasteiger partial charge < -0.3 is 24.8 Å². The maximum atomic E-state index is 10.6. The van der Waals surface area contributed by atoms with Gasteiger partial charge >= 0.3 is 0 Å². The summed E-state index contributed by atoms with van der Waals surface area (Å²) in [6, 6.07) is 5.31. The Hall–Kier alpha value is -1.74. The molecule has 0 saturated carbocycles. The van der Waals surface area contributed by atoms with Crippen LogP contribution in [0.25, 0.3) is 0 Å². The molecule has 2 unspecified atom stereocenters. The minimum Gasteiger partial charge on any atom is -0.462 e. The van der Waals surface area contributed by atoms with E-state index in [1.807, 2.05) is 0 Å². The van der Waals surface area contributed by atoms with Gasteiger partial charge in [-0.15, -0.1) is 0 Å². The predicted molar refractivity (Wildman–Crippen MR) is 70.6 cm³/mol. The van der Waals surface area contributed by atoms with Crippen LogP contribution >= 0.6 is 0 Å². The van der Waals surface area contributed by atoms with Gasteiger partial charge in [0.1, 0.15) is 18.0 Å². The van der Waals surface area contributed by atoms with Crippen molar-refractivity contribution in [2.45, 2.75) is 31.5 Å². The number of hydrogen-bond acceptors (Lipinski definition) is 7. The molecule has 1 aliphatic rings. The van der Waals surface area contributed by atoms with Crippen LogP contribution in [0.4, 0.5) is 5.69 Å².